The molecule has 0 radical (unpaired) electrons. The standard InChI is InChI=1S/C10H11F3N6/c1-19-3-2-15-8(19)5-16-7-4-6(14)17-9(18-7)10(11,12)13/h2-4H,5H2,1H3,(H3,14,16,17,18). The molecule has 19 heavy (non-hydrogen) atoms. The summed E-state index contributed by atoms with van der Waals surface area (Å²) in [6, 6.07) is 1.23. The van der Waals surface area contributed by atoms with Gasteiger partial charge < -0.3 is 15.6 Å². The molecule has 2 aromatic heterocycles. The lowest BCUT2D eigenvalue weighted by Crippen LogP contribution is -2.15. The molecule has 6 nitrogen and oxygen atoms in total. The summed E-state index contributed by atoms with van der Waals surface area (Å²) in [5, 5.41) is 2.73. The lowest BCUT2D eigenvalue weighted by molar-refractivity contribution is -0.144. The third-order valence-corrected chi connectivity index (χ3v) is 2.35. The van der Waals surface area contributed by atoms with Crippen molar-refractivity contribution >= 4 is 11.6 Å². The number of rotatable bonds is 3. The Morgan fingerprint density at radius 1 is 1.37 bits per heavy atom. The summed E-state index contributed by atoms with van der Waals surface area (Å²) in [6.45, 7) is 0.233. The van der Waals surface area contributed by atoms with E-state index in [1.807, 2.05) is 0 Å². The lowest BCUT2D eigenvalue weighted by Gasteiger charge is -2.10. The second-order valence-corrected chi connectivity index (χ2v) is 3.81. The van der Waals surface area contributed by atoms with Crippen LogP contribution in [0.2, 0.25) is 0 Å². The molecule has 0 aliphatic carbocycles. The van der Waals surface area contributed by atoms with Crippen LogP contribution in [0.4, 0.5) is 24.8 Å². The molecule has 2 rings (SSSR count). The molecule has 2 aromatic rings. The first-order chi connectivity index (χ1) is 8.86. The zero-order chi connectivity index (χ0) is 14.0. The molecule has 0 spiro atoms. The fraction of sp³-hybridized carbons (Fsp3) is 0.300. The Morgan fingerprint density at radius 3 is 2.68 bits per heavy atom. The number of hydrogen-bond acceptors (Lipinski definition) is 5. The van der Waals surface area contributed by atoms with Crippen molar-refractivity contribution in [2.45, 2.75) is 12.7 Å². The van der Waals surface area contributed by atoms with Crippen LogP contribution < -0.4 is 11.1 Å². The molecule has 0 saturated carbocycles. The van der Waals surface area contributed by atoms with Crippen molar-refractivity contribution in [3.05, 3.63) is 30.1 Å². The van der Waals surface area contributed by atoms with Gasteiger partial charge in [-0.1, -0.05) is 0 Å². The van der Waals surface area contributed by atoms with E-state index < -0.39 is 12.0 Å². The number of aryl methyl sites for hydroxylation is 1. The molecule has 0 fully saturated rings. The number of hydrogen-bond donors (Lipinski definition) is 2. The van der Waals surface area contributed by atoms with E-state index in [0.29, 0.717) is 5.82 Å². The number of imidazole rings is 1. The third kappa shape index (κ3) is 3.12. The highest BCUT2D eigenvalue weighted by Crippen LogP contribution is 2.27. The first-order valence-corrected chi connectivity index (χ1v) is 5.28. The van der Waals surface area contributed by atoms with E-state index in [0.717, 1.165) is 0 Å². The molecular formula is C10H11F3N6. The van der Waals surface area contributed by atoms with E-state index >= 15 is 0 Å². The van der Waals surface area contributed by atoms with Crippen molar-refractivity contribution in [3.63, 3.8) is 0 Å². The molecule has 0 atom stereocenters. The molecule has 0 aliphatic rings. The van der Waals surface area contributed by atoms with Gasteiger partial charge in [-0.3, -0.25) is 0 Å². The monoisotopic (exact) mass is 272 g/mol. The summed E-state index contributed by atoms with van der Waals surface area (Å²) in [4.78, 5) is 10.5. The summed E-state index contributed by atoms with van der Waals surface area (Å²) < 4.78 is 39.2. The molecule has 0 saturated heterocycles. The minimum atomic E-state index is -4.63. The van der Waals surface area contributed by atoms with Crippen molar-refractivity contribution < 1.29 is 13.2 Å². The summed E-state index contributed by atoms with van der Waals surface area (Å²) in [7, 11) is 1.78. The summed E-state index contributed by atoms with van der Waals surface area (Å²) in [5.74, 6) is -0.854. The minimum absolute atomic E-state index is 0.00262. The first-order valence-electron chi connectivity index (χ1n) is 5.28. The number of nitrogen functional groups attached to an aromatic ring is 1. The minimum Gasteiger partial charge on any atom is -0.384 e. The van der Waals surface area contributed by atoms with Gasteiger partial charge in [-0.05, 0) is 0 Å². The van der Waals surface area contributed by atoms with Crippen LogP contribution in [0, 0.1) is 0 Å². The molecule has 0 amide bonds. The topological polar surface area (TPSA) is 81.7 Å². The van der Waals surface area contributed by atoms with Crippen LogP contribution in [0.15, 0.2) is 18.5 Å². The predicted molar refractivity (Wildman–Crippen MR) is 62.0 cm³/mol. The third-order valence-electron chi connectivity index (χ3n) is 2.35. The van der Waals surface area contributed by atoms with Crippen molar-refractivity contribution in [3.8, 4) is 0 Å². The van der Waals surface area contributed by atoms with Crippen LogP contribution in [-0.4, -0.2) is 19.5 Å². The van der Waals surface area contributed by atoms with Gasteiger partial charge >= 0.3 is 6.18 Å². The molecule has 0 bridgehead atoms. The number of anilines is 2. The van der Waals surface area contributed by atoms with Crippen LogP contribution in [0.5, 0.6) is 0 Å². The van der Waals surface area contributed by atoms with Crippen molar-refractivity contribution in [2.24, 2.45) is 7.05 Å². The number of nitrogens with two attached hydrogens (primary N) is 1. The van der Waals surface area contributed by atoms with Gasteiger partial charge in [0.1, 0.15) is 17.5 Å². The number of nitrogens with one attached hydrogen (secondary N) is 1. The van der Waals surface area contributed by atoms with Gasteiger partial charge in [0.25, 0.3) is 0 Å². The van der Waals surface area contributed by atoms with Crippen LogP contribution in [-0.2, 0) is 19.8 Å². The van der Waals surface area contributed by atoms with Crippen molar-refractivity contribution in [2.75, 3.05) is 11.1 Å². The average Bonchev–Trinajstić information content (AvgIpc) is 2.70. The summed E-state index contributed by atoms with van der Waals surface area (Å²) in [6.07, 6.45) is -1.31. The Kier molecular flexibility index (Phi) is 3.28. The van der Waals surface area contributed by atoms with Gasteiger partial charge in [0, 0.05) is 25.5 Å². The largest absolute Gasteiger partial charge is 0.451 e. The van der Waals surface area contributed by atoms with Crippen molar-refractivity contribution in [1.29, 1.82) is 0 Å². The lowest BCUT2D eigenvalue weighted by atomic mass is 10.4. The molecule has 2 heterocycles. The van der Waals surface area contributed by atoms with Gasteiger partial charge in [-0.15, -0.1) is 0 Å². The second-order valence-electron chi connectivity index (χ2n) is 3.81. The Bertz CT molecular complexity index is 577. The quantitative estimate of drug-likeness (QED) is 0.883. The Morgan fingerprint density at radius 2 is 2.11 bits per heavy atom. The average molecular weight is 272 g/mol. The van der Waals surface area contributed by atoms with E-state index in [-0.39, 0.29) is 18.2 Å². The number of halogens is 3. The molecule has 0 unspecified atom stereocenters. The maximum absolute atomic E-state index is 12.5. The normalized spacial score (nSPS) is 11.6. The van der Waals surface area contributed by atoms with E-state index in [9.17, 15) is 13.2 Å². The van der Waals surface area contributed by atoms with Crippen LogP contribution in [0.3, 0.4) is 0 Å². The Balaban J connectivity index is 2.17. The molecule has 102 valence electrons. The Labute approximate surface area is 106 Å². The Hall–Kier alpha value is -2.32. The van der Waals surface area contributed by atoms with E-state index in [2.05, 4.69) is 20.3 Å². The molecular weight excluding hydrogens is 261 g/mol. The number of aromatic nitrogens is 4. The van der Waals surface area contributed by atoms with Crippen LogP contribution in [0.25, 0.3) is 0 Å². The van der Waals surface area contributed by atoms with Gasteiger partial charge in [0.2, 0.25) is 5.82 Å². The van der Waals surface area contributed by atoms with Gasteiger partial charge in [0.15, 0.2) is 0 Å². The fourth-order valence-electron chi connectivity index (χ4n) is 1.42. The van der Waals surface area contributed by atoms with Crippen molar-refractivity contribution in [1.82, 2.24) is 19.5 Å². The second kappa shape index (κ2) is 4.75. The molecule has 3 N–H and O–H groups in total. The highest BCUT2D eigenvalue weighted by molar-refractivity contribution is 5.44. The number of alkyl halides is 3. The van der Waals surface area contributed by atoms with Crippen LogP contribution >= 0.6 is 0 Å². The molecule has 9 heteroatoms. The maximum Gasteiger partial charge on any atom is 0.451 e. The summed E-state index contributed by atoms with van der Waals surface area (Å²) in [5.41, 5.74) is 5.32. The van der Waals surface area contributed by atoms with Gasteiger partial charge in [0.05, 0.1) is 6.54 Å². The highest BCUT2D eigenvalue weighted by Gasteiger charge is 2.35. The van der Waals surface area contributed by atoms with E-state index in [1.54, 1.807) is 24.0 Å². The predicted octanol–water partition coefficient (Wildman–Crippen LogP) is 1.42. The number of nitrogens with zero attached hydrogens (tertiary/aromatic N) is 4. The fourth-order valence-corrected chi connectivity index (χ4v) is 1.42. The van der Waals surface area contributed by atoms with Crippen LogP contribution in [0.1, 0.15) is 11.6 Å². The first kappa shape index (κ1) is 13.1. The van der Waals surface area contributed by atoms with E-state index in [4.69, 9.17) is 5.73 Å². The maximum atomic E-state index is 12.5. The van der Waals surface area contributed by atoms with Gasteiger partial charge in [-0.25, -0.2) is 15.0 Å². The summed E-state index contributed by atoms with van der Waals surface area (Å²) >= 11 is 0. The smallest absolute Gasteiger partial charge is 0.384 e. The van der Waals surface area contributed by atoms with E-state index in [1.165, 1.54) is 6.07 Å². The zero-order valence-electron chi connectivity index (χ0n) is 9.94. The van der Waals surface area contributed by atoms with Gasteiger partial charge in [-0.2, -0.15) is 13.2 Å². The zero-order valence-corrected chi connectivity index (χ0v) is 9.94. The highest BCUT2D eigenvalue weighted by atomic mass is 19.4. The SMILES string of the molecule is Cn1ccnc1CNc1cc(N)nc(C(F)(F)F)n1. The molecule has 0 aliphatic heterocycles. The molecule has 0 aromatic carbocycles.